The van der Waals surface area contributed by atoms with Crippen LogP contribution >= 0.6 is 0 Å². The molecule has 0 N–H and O–H groups in total. The van der Waals surface area contributed by atoms with E-state index in [1.54, 1.807) is 7.11 Å². The lowest BCUT2D eigenvalue weighted by molar-refractivity contribution is -0.121. The number of carbonyl (C=O) groups excluding carboxylic acids is 1. The van der Waals surface area contributed by atoms with E-state index in [1.807, 2.05) is 0 Å². The minimum atomic E-state index is 0.390. The first-order valence-electron chi connectivity index (χ1n) is 5.13. The van der Waals surface area contributed by atoms with Gasteiger partial charge in [-0.05, 0) is 0 Å². The molecular weight excluding hydrogens is 182 g/mol. The molecule has 0 spiro atoms. The molecular formula is C10H19NO3. The van der Waals surface area contributed by atoms with Crippen molar-refractivity contribution in [3.8, 4) is 0 Å². The fourth-order valence-corrected chi connectivity index (χ4v) is 1.46. The van der Waals surface area contributed by atoms with Crippen molar-refractivity contribution in [1.29, 1.82) is 0 Å². The number of rotatable bonds is 6. The van der Waals surface area contributed by atoms with Gasteiger partial charge in [-0.2, -0.15) is 0 Å². The monoisotopic (exact) mass is 201 g/mol. The smallest absolute Gasteiger partial charge is 0.135 e. The summed E-state index contributed by atoms with van der Waals surface area (Å²) in [6.07, 6.45) is 1.41. The summed E-state index contributed by atoms with van der Waals surface area (Å²) in [7, 11) is 1.67. The Bertz CT molecular complexity index is 163. The Kier molecular flexibility index (Phi) is 5.75. The highest BCUT2D eigenvalue weighted by molar-refractivity contribution is 5.79. The van der Waals surface area contributed by atoms with E-state index in [9.17, 15) is 4.79 Å². The average Bonchev–Trinajstić information content (AvgIpc) is 2.21. The van der Waals surface area contributed by atoms with E-state index < -0.39 is 0 Å². The van der Waals surface area contributed by atoms with E-state index in [4.69, 9.17) is 9.47 Å². The second-order valence-corrected chi connectivity index (χ2v) is 3.49. The molecule has 1 aliphatic heterocycles. The Morgan fingerprint density at radius 2 is 1.93 bits per heavy atom. The third-order valence-corrected chi connectivity index (χ3v) is 2.40. The molecule has 0 aromatic rings. The topological polar surface area (TPSA) is 38.8 Å². The first-order valence-corrected chi connectivity index (χ1v) is 5.13. The standard InChI is InChI=1S/C10H19NO3/c1-13-8-9-14-7-6-11-4-2-10(12)3-5-11/h2-9H2,1H3. The number of hydrogen-bond donors (Lipinski definition) is 0. The van der Waals surface area contributed by atoms with E-state index >= 15 is 0 Å². The van der Waals surface area contributed by atoms with E-state index in [2.05, 4.69) is 4.90 Å². The highest BCUT2D eigenvalue weighted by Gasteiger charge is 2.14. The maximum absolute atomic E-state index is 10.9. The molecule has 0 saturated carbocycles. The number of likely N-dealkylation sites (tertiary alicyclic amines) is 1. The second kappa shape index (κ2) is 6.92. The summed E-state index contributed by atoms with van der Waals surface area (Å²) in [6, 6.07) is 0. The highest BCUT2D eigenvalue weighted by Crippen LogP contribution is 2.04. The van der Waals surface area contributed by atoms with Gasteiger partial charge in [-0.1, -0.05) is 0 Å². The summed E-state index contributed by atoms with van der Waals surface area (Å²) < 4.78 is 10.2. The van der Waals surface area contributed by atoms with Crippen LogP contribution in [0, 0.1) is 0 Å². The SMILES string of the molecule is COCCOCCN1CCC(=O)CC1. The van der Waals surface area contributed by atoms with Crippen LogP contribution < -0.4 is 0 Å². The third kappa shape index (κ3) is 4.69. The van der Waals surface area contributed by atoms with Crippen LogP contribution in [0.15, 0.2) is 0 Å². The number of Topliss-reactive ketones (excluding diaryl/α,β-unsaturated/α-hetero) is 1. The van der Waals surface area contributed by atoms with E-state index in [-0.39, 0.29) is 0 Å². The lowest BCUT2D eigenvalue weighted by atomic mass is 10.1. The Labute approximate surface area is 85.2 Å². The van der Waals surface area contributed by atoms with Crippen LogP contribution in [0.25, 0.3) is 0 Å². The van der Waals surface area contributed by atoms with Crippen molar-refractivity contribution in [2.75, 3.05) is 46.6 Å². The summed E-state index contributed by atoms with van der Waals surface area (Å²) in [5, 5.41) is 0. The third-order valence-electron chi connectivity index (χ3n) is 2.40. The molecule has 1 aliphatic rings. The molecule has 0 aliphatic carbocycles. The van der Waals surface area contributed by atoms with Crippen LogP contribution in [0.1, 0.15) is 12.8 Å². The van der Waals surface area contributed by atoms with E-state index in [0.717, 1.165) is 26.2 Å². The van der Waals surface area contributed by atoms with Gasteiger partial charge in [0.05, 0.1) is 19.8 Å². The Morgan fingerprint density at radius 3 is 2.57 bits per heavy atom. The summed E-state index contributed by atoms with van der Waals surface area (Å²) in [4.78, 5) is 13.2. The first kappa shape index (κ1) is 11.6. The number of ketones is 1. The van der Waals surface area contributed by atoms with Gasteiger partial charge in [-0.15, -0.1) is 0 Å². The van der Waals surface area contributed by atoms with Gasteiger partial charge in [0.1, 0.15) is 5.78 Å². The number of hydrogen-bond acceptors (Lipinski definition) is 4. The molecule has 14 heavy (non-hydrogen) atoms. The van der Waals surface area contributed by atoms with Gasteiger partial charge < -0.3 is 14.4 Å². The van der Waals surface area contributed by atoms with Gasteiger partial charge in [-0.25, -0.2) is 0 Å². The molecule has 0 unspecified atom stereocenters. The van der Waals surface area contributed by atoms with Crippen LogP contribution in [-0.2, 0) is 14.3 Å². The zero-order valence-electron chi connectivity index (χ0n) is 8.83. The van der Waals surface area contributed by atoms with Gasteiger partial charge in [0.15, 0.2) is 0 Å². The summed E-state index contributed by atoms with van der Waals surface area (Å²) in [5.41, 5.74) is 0. The highest BCUT2D eigenvalue weighted by atomic mass is 16.5. The molecule has 0 aromatic heterocycles. The predicted octanol–water partition coefficient (Wildman–Crippen LogP) is 0.314. The average molecular weight is 201 g/mol. The van der Waals surface area contributed by atoms with Gasteiger partial charge >= 0.3 is 0 Å². The van der Waals surface area contributed by atoms with Crippen LogP contribution in [0.3, 0.4) is 0 Å². The maximum Gasteiger partial charge on any atom is 0.135 e. The van der Waals surface area contributed by atoms with Gasteiger partial charge in [-0.3, -0.25) is 4.79 Å². The van der Waals surface area contributed by atoms with E-state index in [1.165, 1.54) is 0 Å². The summed E-state index contributed by atoms with van der Waals surface area (Å²) in [5.74, 6) is 0.390. The minimum Gasteiger partial charge on any atom is -0.382 e. The normalized spacial score (nSPS) is 18.8. The van der Waals surface area contributed by atoms with E-state index in [0.29, 0.717) is 31.8 Å². The van der Waals surface area contributed by atoms with Crippen LogP contribution in [0.2, 0.25) is 0 Å². The van der Waals surface area contributed by atoms with Crippen LogP contribution in [-0.4, -0.2) is 57.2 Å². The molecule has 0 bridgehead atoms. The minimum absolute atomic E-state index is 0.390. The van der Waals surface area contributed by atoms with Crippen molar-refractivity contribution in [2.24, 2.45) is 0 Å². The zero-order chi connectivity index (χ0) is 10.2. The molecule has 1 saturated heterocycles. The molecule has 0 atom stereocenters. The Hall–Kier alpha value is -0.450. The second-order valence-electron chi connectivity index (χ2n) is 3.49. The largest absolute Gasteiger partial charge is 0.382 e. The van der Waals surface area contributed by atoms with Gasteiger partial charge in [0.2, 0.25) is 0 Å². The predicted molar refractivity (Wildman–Crippen MR) is 53.4 cm³/mol. The fourth-order valence-electron chi connectivity index (χ4n) is 1.46. The van der Waals surface area contributed by atoms with Gasteiger partial charge in [0.25, 0.3) is 0 Å². The van der Waals surface area contributed by atoms with Crippen LogP contribution in [0.4, 0.5) is 0 Å². The first-order chi connectivity index (χ1) is 6.83. The molecule has 0 amide bonds. The van der Waals surface area contributed by atoms with Crippen LogP contribution in [0.5, 0.6) is 0 Å². The number of methoxy groups -OCH3 is 1. The number of piperidine rings is 1. The summed E-state index contributed by atoms with van der Waals surface area (Å²) in [6.45, 7) is 4.76. The lowest BCUT2D eigenvalue weighted by Gasteiger charge is -2.25. The Morgan fingerprint density at radius 1 is 1.21 bits per heavy atom. The van der Waals surface area contributed by atoms with Crippen molar-refractivity contribution in [3.05, 3.63) is 0 Å². The van der Waals surface area contributed by atoms with Gasteiger partial charge in [0, 0.05) is 39.6 Å². The number of carbonyl (C=O) groups is 1. The molecule has 1 heterocycles. The molecule has 0 aromatic carbocycles. The molecule has 4 nitrogen and oxygen atoms in total. The Balaban J connectivity index is 1.94. The van der Waals surface area contributed by atoms with Crippen molar-refractivity contribution in [1.82, 2.24) is 4.90 Å². The summed E-state index contributed by atoms with van der Waals surface area (Å²) >= 11 is 0. The molecule has 0 radical (unpaired) electrons. The molecule has 4 heteroatoms. The molecule has 82 valence electrons. The number of ether oxygens (including phenoxy) is 2. The zero-order valence-corrected chi connectivity index (χ0v) is 8.83. The maximum atomic E-state index is 10.9. The van der Waals surface area contributed by atoms with Crippen molar-refractivity contribution >= 4 is 5.78 Å². The number of nitrogens with zero attached hydrogens (tertiary/aromatic N) is 1. The quantitative estimate of drug-likeness (QED) is 0.580. The van der Waals surface area contributed by atoms with Crippen molar-refractivity contribution in [3.63, 3.8) is 0 Å². The fraction of sp³-hybridized carbons (Fsp3) is 0.900. The van der Waals surface area contributed by atoms with Crippen molar-refractivity contribution in [2.45, 2.75) is 12.8 Å². The van der Waals surface area contributed by atoms with Crippen molar-refractivity contribution < 1.29 is 14.3 Å². The molecule has 1 fully saturated rings. The lowest BCUT2D eigenvalue weighted by Crippen LogP contribution is -2.36. The molecule has 1 rings (SSSR count).